The monoisotopic (exact) mass is 239 g/mol. The summed E-state index contributed by atoms with van der Waals surface area (Å²) in [7, 11) is 1.91. The Kier molecular flexibility index (Phi) is 2.19. The molecule has 0 aliphatic rings. The summed E-state index contributed by atoms with van der Waals surface area (Å²) in [5, 5.41) is 5.34. The number of hydrogen-bond acceptors (Lipinski definition) is 4. The highest BCUT2D eigenvalue weighted by atomic mass is 15.2. The lowest BCUT2D eigenvalue weighted by molar-refractivity contribution is 0.797. The Balaban J connectivity index is 2.34. The Morgan fingerprint density at radius 3 is 2.67 bits per heavy atom. The summed E-state index contributed by atoms with van der Waals surface area (Å²) < 4.78 is 1.83. The van der Waals surface area contributed by atoms with Crippen LogP contribution >= 0.6 is 0 Å². The molecule has 0 bridgehead atoms. The van der Waals surface area contributed by atoms with E-state index in [-0.39, 0.29) is 0 Å². The molecule has 0 unspecified atom stereocenters. The number of nitrogens with zero attached hydrogens (tertiary/aromatic N) is 3. The van der Waals surface area contributed by atoms with E-state index in [1.807, 2.05) is 42.2 Å². The maximum Gasteiger partial charge on any atom is 0.133 e. The molecule has 3 aromatic rings. The zero-order valence-corrected chi connectivity index (χ0v) is 9.96. The molecule has 0 radical (unpaired) electrons. The van der Waals surface area contributed by atoms with Crippen LogP contribution in [-0.4, -0.2) is 14.8 Å². The number of aromatic nitrogens is 3. The Labute approximate surface area is 104 Å². The van der Waals surface area contributed by atoms with Crippen LogP contribution in [-0.2, 0) is 7.05 Å². The molecule has 3 rings (SSSR count). The SMILES string of the molecule is Cn1ncc2cccc(-c3ccc(N)nc3N)c21. The average molecular weight is 239 g/mol. The maximum absolute atomic E-state index is 5.94. The fourth-order valence-corrected chi connectivity index (χ4v) is 2.17. The van der Waals surface area contributed by atoms with Crippen LogP contribution in [0, 0.1) is 0 Å². The molecule has 0 fully saturated rings. The fraction of sp³-hybridized carbons (Fsp3) is 0.0769. The molecule has 1 aromatic carbocycles. The lowest BCUT2D eigenvalue weighted by Crippen LogP contribution is -1.99. The molecule has 5 heteroatoms. The van der Waals surface area contributed by atoms with Gasteiger partial charge in [0.2, 0.25) is 0 Å². The minimum atomic E-state index is 0.424. The largest absolute Gasteiger partial charge is 0.384 e. The van der Waals surface area contributed by atoms with E-state index in [4.69, 9.17) is 11.5 Å². The number of fused-ring (bicyclic) bond motifs is 1. The van der Waals surface area contributed by atoms with Crippen LogP contribution in [0.5, 0.6) is 0 Å². The molecule has 0 spiro atoms. The number of anilines is 2. The third-order valence-electron chi connectivity index (χ3n) is 3.00. The molecule has 5 nitrogen and oxygen atoms in total. The molecule has 2 heterocycles. The molecule has 0 amide bonds. The van der Waals surface area contributed by atoms with Crippen LogP contribution in [0.15, 0.2) is 36.5 Å². The average Bonchev–Trinajstić information content (AvgIpc) is 2.72. The second kappa shape index (κ2) is 3.73. The number of nitrogens with two attached hydrogens (primary N) is 2. The van der Waals surface area contributed by atoms with Gasteiger partial charge in [-0.15, -0.1) is 0 Å². The van der Waals surface area contributed by atoms with Crippen molar-refractivity contribution in [3.05, 3.63) is 36.5 Å². The number of benzene rings is 1. The van der Waals surface area contributed by atoms with Crippen molar-refractivity contribution in [3.8, 4) is 11.1 Å². The van der Waals surface area contributed by atoms with E-state index in [9.17, 15) is 0 Å². The lowest BCUT2D eigenvalue weighted by Gasteiger charge is -2.08. The summed E-state index contributed by atoms with van der Waals surface area (Å²) >= 11 is 0. The minimum Gasteiger partial charge on any atom is -0.384 e. The van der Waals surface area contributed by atoms with Gasteiger partial charge in [-0.3, -0.25) is 4.68 Å². The van der Waals surface area contributed by atoms with E-state index < -0.39 is 0 Å². The molecule has 0 saturated carbocycles. The van der Waals surface area contributed by atoms with Crippen molar-refractivity contribution in [2.24, 2.45) is 7.05 Å². The number of para-hydroxylation sites is 1. The van der Waals surface area contributed by atoms with Crippen molar-refractivity contribution in [2.45, 2.75) is 0 Å². The lowest BCUT2D eigenvalue weighted by atomic mass is 10.0. The van der Waals surface area contributed by atoms with E-state index in [1.54, 1.807) is 6.07 Å². The van der Waals surface area contributed by atoms with Gasteiger partial charge in [-0.05, 0) is 12.1 Å². The Morgan fingerprint density at radius 2 is 1.89 bits per heavy atom. The molecule has 0 atom stereocenters. The zero-order chi connectivity index (χ0) is 12.7. The van der Waals surface area contributed by atoms with E-state index in [1.165, 1.54) is 0 Å². The van der Waals surface area contributed by atoms with Gasteiger partial charge in [-0.1, -0.05) is 18.2 Å². The van der Waals surface area contributed by atoms with Crippen molar-refractivity contribution >= 4 is 22.5 Å². The van der Waals surface area contributed by atoms with Gasteiger partial charge < -0.3 is 11.5 Å². The number of hydrogen-bond donors (Lipinski definition) is 2. The minimum absolute atomic E-state index is 0.424. The molecule has 18 heavy (non-hydrogen) atoms. The summed E-state index contributed by atoms with van der Waals surface area (Å²) in [5.41, 5.74) is 14.5. The Bertz CT molecular complexity index is 729. The normalized spacial score (nSPS) is 10.9. The maximum atomic E-state index is 5.94. The van der Waals surface area contributed by atoms with Gasteiger partial charge in [-0.2, -0.15) is 5.10 Å². The summed E-state index contributed by atoms with van der Waals surface area (Å²) in [6, 6.07) is 9.65. The van der Waals surface area contributed by atoms with Crippen molar-refractivity contribution < 1.29 is 0 Å². The number of aryl methyl sites for hydroxylation is 1. The highest BCUT2D eigenvalue weighted by Gasteiger charge is 2.11. The van der Waals surface area contributed by atoms with Crippen molar-refractivity contribution in [2.75, 3.05) is 11.5 Å². The Hall–Kier alpha value is -2.56. The fourth-order valence-electron chi connectivity index (χ4n) is 2.17. The molecule has 0 aliphatic heterocycles. The predicted molar refractivity (Wildman–Crippen MR) is 72.8 cm³/mol. The van der Waals surface area contributed by atoms with Gasteiger partial charge >= 0.3 is 0 Å². The van der Waals surface area contributed by atoms with Crippen molar-refractivity contribution in [1.29, 1.82) is 0 Å². The van der Waals surface area contributed by atoms with Crippen LogP contribution in [0.3, 0.4) is 0 Å². The highest BCUT2D eigenvalue weighted by molar-refractivity contribution is 5.96. The van der Waals surface area contributed by atoms with E-state index in [0.29, 0.717) is 11.6 Å². The van der Waals surface area contributed by atoms with Crippen LogP contribution in [0.2, 0.25) is 0 Å². The van der Waals surface area contributed by atoms with Crippen LogP contribution in [0.1, 0.15) is 0 Å². The first-order chi connectivity index (χ1) is 8.66. The molecule has 4 N–H and O–H groups in total. The summed E-state index contributed by atoms with van der Waals surface area (Å²) in [4.78, 5) is 4.10. The molecule has 0 saturated heterocycles. The van der Waals surface area contributed by atoms with E-state index in [2.05, 4.69) is 10.1 Å². The number of pyridine rings is 1. The van der Waals surface area contributed by atoms with E-state index in [0.717, 1.165) is 22.0 Å². The first kappa shape index (κ1) is 10.6. The van der Waals surface area contributed by atoms with Gasteiger partial charge in [0.15, 0.2) is 0 Å². The smallest absolute Gasteiger partial charge is 0.133 e. The topological polar surface area (TPSA) is 82.8 Å². The molecule has 0 aliphatic carbocycles. The molecular weight excluding hydrogens is 226 g/mol. The predicted octanol–water partition coefficient (Wildman–Crippen LogP) is 1.80. The third kappa shape index (κ3) is 1.48. The molecule has 2 aromatic heterocycles. The van der Waals surface area contributed by atoms with Crippen molar-refractivity contribution in [1.82, 2.24) is 14.8 Å². The molecular formula is C13H13N5. The second-order valence-electron chi connectivity index (χ2n) is 4.18. The van der Waals surface area contributed by atoms with Crippen LogP contribution in [0.25, 0.3) is 22.0 Å². The summed E-state index contributed by atoms with van der Waals surface area (Å²) in [5.74, 6) is 0.858. The second-order valence-corrected chi connectivity index (χ2v) is 4.18. The van der Waals surface area contributed by atoms with Gasteiger partial charge in [-0.25, -0.2) is 4.98 Å². The summed E-state index contributed by atoms with van der Waals surface area (Å²) in [6.07, 6.45) is 1.83. The van der Waals surface area contributed by atoms with Crippen LogP contribution in [0.4, 0.5) is 11.6 Å². The van der Waals surface area contributed by atoms with Gasteiger partial charge in [0, 0.05) is 23.6 Å². The van der Waals surface area contributed by atoms with Gasteiger partial charge in [0.25, 0.3) is 0 Å². The first-order valence-electron chi connectivity index (χ1n) is 5.60. The standard InChI is InChI=1S/C13H13N5/c1-18-12-8(7-16-18)3-2-4-9(12)10-5-6-11(14)17-13(10)15/h2-7H,1H3,(H4,14,15,17). The van der Waals surface area contributed by atoms with E-state index >= 15 is 0 Å². The third-order valence-corrected chi connectivity index (χ3v) is 3.00. The highest BCUT2D eigenvalue weighted by Crippen LogP contribution is 2.31. The van der Waals surface area contributed by atoms with Crippen molar-refractivity contribution in [3.63, 3.8) is 0 Å². The number of rotatable bonds is 1. The summed E-state index contributed by atoms with van der Waals surface area (Å²) in [6.45, 7) is 0. The molecule has 90 valence electrons. The van der Waals surface area contributed by atoms with Gasteiger partial charge in [0.1, 0.15) is 11.6 Å². The zero-order valence-electron chi connectivity index (χ0n) is 9.96. The first-order valence-corrected chi connectivity index (χ1v) is 5.60. The number of nitrogen functional groups attached to an aromatic ring is 2. The Morgan fingerprint density at radius 1 is 1.06 bits per heavy atom. The van der Waals surface area contributed by atoms with Gasteiger partial charge in [0.05, 0.1) is 11.7 Å². The van der Waals surface area contributed by atoms with Crippen LogP contribution < -0.4 is 11.5 Å². The quantitative estimate of drug-likeness (QED) is 0.678.